The molecule has 1 amide bonds. The van der Waals surface area contributed by atoms with Crippen LogP contribution in [0.15, 0.2) is 108 Å². The Morgan fingerprint density at radius 3 is 2.08 bits per heavy atom. The quantitative estimate of drug-likeness (QED) is 0.344. The van der Waals surface area contributed by atoms with Crippen LogP contribution >= 0.6 is 0 Å². The fourth-order valence-corrected chi connectivity index (χ4v) is 5.08. The molecular formula is C28H24N3NaO3S. The molecule has 6 nitrogen and oxygen atoms in total. The first-order valence-corrected chi connectivity index (χ1v) is 12.6. The number of rotatable bonds is 6. The molecule has 0 radical (unpaired) electrons. The van der Waals surface area contributed by atoms with E-state index in [1.54, 1.807) is 30.3 Å². The average molecular weight is 506 g/mol. The molecule has 0 aliphatic heterocycles. The van der Waals surface area contributed by atoms with Crippen molar-refractivity contribution in [3.05, 3.63) is 120 Å². The molecule has 36 heavy (non-hydrogen) atoms. The van der Waals surface area contributed by atoms with Crippen molar-refractivity contribution in [3.63, 3.8) is 0 Å². The molecule has 176 valence electrons. The van der Waals surface area contributed by atoms with E-state index in [2.05, 4.69) is 46.1 Å². The van der Waals surface area contributed by atoms with Crippen LogP contribution in [0.3, 0.4) is 0 Å². The van der Waals surface area contributed by atoms with Crippen molar-refractivity contribution < 1.29 is 13.2 Å². The molecule has 5 rings (SSSR count). The summed E-state index contributed by atoms with van der Waals surface area (Å²) in [6, 6.07) is 31.5. The Morgan fingerprint density at radius 2 is 1.42 bits per heavy atom. The fourth-order valence-electron chi connectivity index (χ4n) is 4.10. The Hall–Kier alpha value is -3.23. The van der Waals surface area contributed by atoms with Gasteiger partial charge in [0.2, 0.25) is 0 Å². The molecule has 1 N–H and O–H groups in total. The zero-order valence-electron chi connectivity index (χ0n) is 19.0. The molecular weight excluding hydrogens is 481 g/mol. The van der Waals surface area contributed by atoms with E-state index in [-0.39, 0.29) is 40.0 Å². The van der Waals surface area contributed by atoms with Gasteiger partial charge in [0.25, 0.3) is 15.9 Å². The summed E-state index contributed by atoms with van der Waals surface area (Å²) in [7, 11) is -3.99. The molecule has 0 spiro atoms. The van der Waals surface area contributed by atoms with Crippen LogP contribution in [0, 0.1) is 6.92 Å². The number of benzene rings is 4. The van der Waals surface area contributed by atoms with Crippen molar-refractivity contribution >= 4 is 56.5 Å². The number of nitrogens with one attached hydrogen (secondary N) is 1. The summed E-state index contributed by atoms with van der Waals surface area (Å²) in [5, 5.41) is 0. The topological polar surface area (TPSA) is 81.1 Å². The van der Waals surface area contributed by atoms with E-state index in [1.807, 2.05) is 35.8 Å². The number of para-hydroxylation sites is 1. The van der Waals surface area contributed by atoms with E-state index in [0.29, 0.717) is 12.1 Å². The standard InChI is InChI=1S/C28H23N3O3S.Na.H/c1-20-29-27-25(28(32)30-35(33,34)24-11-6-3-7-12-24)13-8-14-26(27)31(20)19-21-15-17-23(18-16-21)22-9-4-2-5-10-22;;/h2-18H,19H2,1H3,(H,30,32);;. The monoisotopic (exact) mass is 505 g/mol. The number of aromatic nitrogens is 2. The van der Waals surface area contributed by atoms with Gasteiger partial charge in [-0.05, 0) is 47.9 Å². The number of amides is 1. The van der Waals surface area contributed by atoms with E-state index in [1.165, 1.54) is 12.1 Å². The first-order chi connectivity index (χ1) is 16.9. The van der Waals surface area contributed by atoms with Gasteiger partial charge in [0.15, 0.2) is 0 Å². The van der Waals surface area contributed by atoms with Gasteiger partial charge >= 0.3 is 29.6 Å². The molecule has 0 aliphatic rings. The predicted octanol–water partition coefficient (Wildman–Crippen LogP) is 4.53. The number of imidazole rings is 1. The molecule has 0 atom stereocenters. The number of sulfonamides is 1. The molecule has 8 heteroatoms. The van der Waals surface area contributed by atoms with E-state index >= 15 is 0 Å². The third-order valence-corrected chi connectivity index (χ3v) is 7.24. The summed E-state index contributed by atoms with van der Waals surface area (Å²) in [6.07, 6.45) is 0. The second-order valence-electron chi connectivity index (χ2n) is 8.23. The maximum atomic E-state index is 13.0. The van der Waals surface area contributed by atoms with Gasteiger partial charge in [-0.15, -0.1) is 0 Å². The van der Waals surface area contributed by atoms with Gasteiger partial charge in [0.1, 0.15) is 11.3 Å². The third kappa shape index (κ3) is 5.29. The van der Waals surface area contributed by atoms with Crippen molar-refractivity contribution in [2.75, 3.05) is 0 Å². The van der Waals surface area contributed by atoms with Crippen molar-refractivity contribution in [2.24, 2.45) is 0 Å². The van der Waals surface area contributed by atoms with Gasteiger partial charge in [-0.2, -0.15) is 0 Å². The molecule has 0 unspecified atom stereocenters. The van der Waals surface area contributed by atoms with Crippen LogP contribution in [0.2, 0.25) is 0 Å². The zero-order valence-corrected chi connectivity index (χ0v) is 19.9. The first-order valence-electron chi connectivity index (χ1n) is 11.1. The van der Waals surface area contributed by atoms with Crippen molar-refractivity contribution in [1.29, 1.82) is 0 Å². The minimum absolute atomic E-state index is 0. The summed E-state index contributed by atoms with van der Waals surface area (Å²) in [5.74, 6) is 0.0228. The number of hydrogen-bond donors (Lipinski definition) is 1. The second kappa shape index (κ2) is 10.8. The fraction of sp³-hybridized carbons (Fsp3) is 0.0714. The molecule has 0 fully saturated rings. The van der Waals surface area contributed by atoms with Gasteiger partial charge in [0.05, 0.1) is 16.0 Å². The summed E-state index contributed by atoms with van der Waals surface area (Å²) in [6.45, 7) is 2.45. The van der Waals surface area contributed by atoms with Gasteiger partial charge < -0.3 is 4.57 Å². The Bertz CT molecular complexity index is 1620. The molecule has 0 saturated carbocycles. The van der Waals surface area contributed by atoms with Crippen LogP contribution in [0.5, 0.6) is 0 Å². The number of carbonyl (C=O) groups is 1. The summed E-state index contributed by atoms with van der Waals surface area (Å²) in [5.41, 5.74) is 4.83. The molecule has 1 aromatic heterocycles. The Balaban J connectivity index is 0.00000304. The van der Waals surface area contributed by atoms with Gasteiger partial charge in [-0.25, -0.2) is 18.1 Å². The van der Waals surface area contributed by atoms with Crippen molar-refractivity contribution in [1.82, 2.24) is 14.3 Å². The third-order valence-electron chi connectivity index (χ3n) is 5.90. The maximum absolute atomic E-state index is 13.0. The van der Waals surface area contributed by atoms with E-state index in [4.69, 9.17) is 0 Å². The summed E-state index contributed by atoms with van der Waals surface area (Å²) >= 11 is 0. The van der Waals surface area contributed by atoms with E-state index in [9.17, 15) is 13.2 Å². The Labute approximate surface area is 232 Å². The van der Waals surface area contributed by atoms with Crippen molar-refractivity contribution in [2.45, 2.75) is 18.4 Å². The first kappa shape index (κ1) is 25.9. The number of carbonyl (C=O) groups excluding carboxylic acids is 1. The van der Waals surface area contributed by atoms with Crippen LogP contribution in [-0.4, -0.2) is 53.4 Å². The number of nitrogens with zero attached hydrogens (tertiary/aromatic N) is 2. The molecule has 0 bridgehead atoms. The second-order valence-corrected chi connectivity index (χ2v) is 9.91. The normalized spacial score (nSPS) is 11.1. The summed E-state index contributed by atoms with van der Waals surface area (Å²) < 4.78 is 29.5. The summed E-state index contributed by atoms with van der Waals surface area (Å²) in [4.78, 5) is 17.6. The molecule has 0 aliphatic carbocycles. The van der Waals surface area contributed by atoms with Crippen LogP contribution in [0.4, 0.5) is 0 Å². The van der Waals surface area contributed by atoms with Crippen LogP contribution in [-0.2, 0) is 16.6 Å². The van der Waals surface area contributed by atoms with Crippen LogP contribution in [0.1, 0.15) is 21.7 Å². The van der Waals surface area contributed by atoms with Gasteiger partial charge in [-0.3, -0.25) is 4.79 Å². The number of aryl methyl sites for hydroxylation is 1. The predicted molar refractivity (Wildman–Crippen MR) is 144 cm³/mol. The average Bonchev–Trinajstić information content (AvgIpc) is 3.20. The van der Waals surface area contributed by atoms with Gasteiger partial charge in [0, 0.05) is 6.54 Å². The minimum atomic E-state index is -3.99. The Morgan fingerprint density at radius 1 is 0.806 bits per heavy atom. The van der Waals surface area contributed by atoms with Crippen molar-refractivity contribution in [3.8, 4) is 11.1 Å². The molecule has 0 saturated heterocycles. The van der Waals surface area contributed by atoms with Gasteiger partial charge in [-0.1, -0.05) is 78.9 Å². The molecule has 4 aromatic carbocycles. The molecule has 1 heterocycles. The van der Waals surface area contributed by atoms with E-state index < -0.39 is 15.9 Å². The SMILES string of the molecule is Cc1nc2c(C(=O)NS(=O)(=O)c3ccccc3)cccc2n1Cc1ccc(-c2ccccc2)cc1.[NaH]. The van der Waals surface area contributed by atoms with Crippen LogP contribution < -0.4 is 4.72 Å². The van der Waals surface area contributed by atoms with Crippen LogP contribution in [0.25, 0.3) is 22.2 Å². The Kier molecular flexibility index (Phi) is 7.76. The number of fused-ring (bicyclic) bond motifs is 1. The van der Waals surface area contributed by atoms with E-state index in [0.717, 1.165) is 28.0 Å². The molecule has 5 aromatic rings. The zero-order chi connectivity index (χ0) is 24.4. The number of hydrogen-bond acceptors (Lipinski definition) is 4.